The molecule has 2 aromatic carbocycles. The molecule has 2 amide bonds. The number of rotatable bonds is 9. The number of thioether (sulfide) groups is 1. The van der Waals surface area contributed by atoms with E-state index in [9.17, 15) is 9.59 Å². The highest BCUT2D eigenvalue weighted by atomic mass is 35.5. The Balaban J connectivity index is 1.71. The van der Waals surface area contributed by atoms with Crippen molar-refractivity contribution < 1.29 is 14.3 Å². The van der Waals surface area contributed by atoms with Crippen LogP contribution in [0.4, 0.5) is 5.69 Å². The van der Waals surface area contributed by atoms with Gasteiger partial charge in [-0.25, -0.2) is 0 Å². The third-order valence-corrected chi connectivity index (χ3v) is 6.75. The molecule has 3 aromatic rings. The minimum absolute atomic E-state index is 0.125. The van der Waals surface area contributed by atoms with E-state index in [4.69, 9.17) is 16.3 Å². The highest BCUT2D eigenvalue weighted by molar-refractivity contribution is 7.99. The van der Waals surface area contributed by atoms with Crippen LogP contribution in [0, 0.1) is 0 Å². The number of aromatic nitrogens is 1. The molecule has 3 rings (SSSR count). The first kappa shape index (κ1) is 23.5. The van der Waals surface area contributed by atoms with Crippen molar-refractivity contribution in [3.05, 3.63) is 52.3 Å². The van der Waals surface area contributed by atoms with Gasteiger partial charge in [-0.2, -0.15) is 4.99 Å². The summed E-state index contributed by atoms with van der Waals surface area (Å²) in [5.41, 5.74) is 1.68. The van der Waals surface area contributed by atoms with E-state index in [0.717, 1.165) is 33.0 Å². The summed E-state index contributed by atoms with van der Waals surface area (Å²) in [4.78, 5) is 30.0. The number of hydrogen-bond donors (Lipinski definition) is 1. The van der Waals surface area contributed by atoms with Gasteiger partial charge in [0.05, 0.1) is 16.8 Å². The number of amides is 2. The second-order valence-corrected chi connectivity index (χ2v) is 9.42. The van der Waals surface area contributed by atoms with Crippen molar-refractivity contribution in [2.45, 2.75) is 31.2 Å². The summed E-state index contributed by atoms with van der Waals surface area (Å²) < 4.78 is 8.16. The van der Waals surface area contributed by atoms with E-state index >= 15 is 0 Å². The maximum atomic E-state index is 12.5. The van der Waals surface area contributed by atoms with E-state index < -0.39 is 0 Å². The fourth-order valence-electron chi connectivity index (χ4n) is 2.95. The molecule has 0 aliphatic carbocycles. The standard InChI is InChI=1S/C22H24ClN3O3S2/c1-15(27)24-17-7-10-19-20(14-17)31-22(26(19)11-12-29-2)25-21(28)4-3-13-30-18-8-5-16(23)6-9-18/h5-10,14H,3-4,11-13H2,1-2H3,(H,24,27). The number of methoxy groups -OCH3 is 1. The van der Waals surface area contributed by atoms with E-state index in [1.165, 1.54) is 18.3 Å². The number of halogens is 1. The Kier molecular flexibility index (Phi) is 8.71. The van der Waals surface area contributed by atoms with E-state index in [0.29, 0.717) is 29.4 Å². The number of carbonyl (C=O) groups is 2. The Morgan fingerprint density at radius 3 is 2.71 bits per heavy atom. The summed E-state index contributed by atoms with van der Waals surface area (Å²) in [6, 6.07) is 13.4. The van der Waals surface area contributed by atoms with Crippen molar-refractivity contribution in [1.29, 1.82) is 0 Å². The maximum Gasteiger partial charge on any atom is 0.248 e. The molecule has 0 aliphatic rings. The zero-order chi connectivity index (χ0) is 22.2. The van der Waals surface area contributed by atoms with Crippen LogP contribution >= 0.6 is 34.7 Å². The molecule has 0 fully saturated rings. The van der Waals surface area contributed by atoms with Gasteiger partial charge < -0.3 is 14.6 Å². The summed E-state index contributed by atoms with van der Waals surface area (Å²) in [5.74, 6) is 0.565. The van der Waals surface area contributed by atoms with E-state index in [-0.39, 0.29) is 11.8 Å². The molecule has 1 heterocycles. The molecule has 0 spiro atoms. The number of anilines is 1. The normalized spacial score (nSPS) is 11.8. The third kappa shape index (κ3) is 6.93. The Labute approximate surface area is 194 Å². The van der Waals surface area contributed by atoms with Gasteiger partial charge in [-0.1, -0.05) is 22.9 Å². The molecule has 9 heteroatoms. The topological polar surface area (TPSA) is 72.7 Å². The lowest BCUT2D eigenvalue weighted by Gasteiger charge is -2.05. The number of carbonyl (C=O) groups excluding carboxylic acids is 2. The van der Waals surface area contributed by atoms with Crippen molar-refractivity contribution in [3.63, 3.8) is 0 Å². The van der Waals surface area contributed by atoms with Gasteiger partial charge in [0.1, 0.15) is 0 Å². The molecule has 0 radical (unpaired) electrons. The summed E-state index contributed by atoms with van der Waals surface area (Å²) in [6.07, 6.45) is 1.13. The zero-order valence-electron chi connectivity index (χ0n) is 17.4. The molecule has 0 atom stereocenters. The highest BCUT2D eigenvalue weighted by Gasteiger charge is 2.09. The van der Waals surface area contributed by atoms with Crippen molar-refractivity contribution >= 4 is 62.4 Å². The highest BCUT2D eigenvalue weighted by Crippen LogP contribution is 2.23. The lowest BCUT2D eigenvalue weighted by Crippen LogP contribution is -2.19. The van der Waals surface area contributed by atoms with Crippen LogP contribution in [0.15, 0.2) is 52.4 Å². The summed E-state index contributed by atoms with van der Waals surface area (Å²) >= 11 is 9.03. The number of hydrogen-bond acceptors (Lipinski definition) is 5. The average Bonchev–Trinajstić information content (AvgIpc) is 3.06. The molecule has 1 N–H and O–H groups in total. The van der Waals surface area contributed by atoms with Gasteiger partial charge in [-0.3, -0.25) is 9.59 Å². The van der Waals surface area contributed by atoms with Gasteiger partial charge in [0.25, 0.3) is 0 Å². The smallest absolute Gasteiger partial charge is 0.248 e. The van der Waals surface area contributed by atoms with E-state index in [1.807, 2.05) is 47.0 Å². The molecule has 6 nitrogen and oxygen atoms in total. The summed E-state index contributed by atoms with van der Waals surface area (Å²) in [5, 5.41) is 3.50. The minimum Gasteiger partial charge on any atom is -0.383 e. The lowest BCUT2D eigenvalue weighted by atomic mass is 10.3. The predicted molar refractivity (Wildman–Crippen MR) is 128 cm³/mol. The average molecular weight is 478 g/mol. The fraction of sp³-hybridized carbons (Fsp3) is 0.318. The number of nitrogens with zero attached hydrogens (tertiary/aromatic N) is 2. The monoisotopic (exact) mass is 477 g/mol. The molecule has 0 bridgehead atoms. The minimum atomic E-state index is -0.142. The Morgan fingerprint density at radius 2 is 2.00 bits per heavy atom. The first-order valence-electron chi connectivity index (χ1n) is 9.82. The van der Waals surface area contributed by atoms with Gasteiger partial charge in [-0.15, -0.1) is 11.8 Å². The van der Waals surface area contributed by atoms with Crippen LogP contribution in [0.3, 0.4) is 0 Å². The van der Waals surface area contributed by atoms with Gasteiger partial charge >= 0.3 is 0 Å². The molecule has 0 saturated heterocycles. The third-order valence-electron chi connectivity index (χ3n) is 4.36. The number of benzene rings is 2. The van der Waals surface area contributed by atoms with Crippen LogP contribution in [0.2, 0.25) is 5.02 Å². The summed E-state index contributed by atoms with van der Waals surface area (Å²) in [6.45, 7) is 2.58. The van der Waals surface area contributed by atoms with Crippen LogP contribution in [0.5, 0.6) is 0 Å². The van der Waals surface area contributed by atoms with Crippen molar-refractivity contribution in [3.8, 4) is 0 Å². The fourth-order valence-corrected chi connectivity index (χ4v) is 5.04. The van der Waals surface area contributed by atoms with Crippen molar-refractivity contribution in [2.24, 2.45) is 4.99 Å². The molecule has 1 aromatic heterocycles. The zero-order valence-corrected chi connectivity index (χ0v) is 19.8. The number of thiazole rings is 1. The van der Waals surface area contributed by atoms with Crippen LogP contribution < -0.4 is 10.1 Å². The first-order valence-corrected chi connectivity index (χ1v) is 12.0. The Bertz CT molecular complexity index is 1120. The SMILES string of the molecule is COCCn1c(=NC(=O)CCCSc2ccc(Cl)cc2)sc2cc(NC(C)=O)ccc21. The second kappa shape index (κ2) is 11.5. The Morgan fingerprint density at radius 1 is 1.23 bits per heavy atom. The van der Waals surface area contributed by atoms with Crippen LogP contribution in [0.25, 0.3) is 10.2 Å². The van der Waals surface area contributed by atoms with Gasteiger partial charge in [-0.05, 0) is 54.6 Å². The van der Waals surface area contributed by atoms with Crippen molar-refractivity contribution in [1.82, 2.24) is 4.57 Å². The van der Waals surface area contributed by atoms with Crippen LogP contribution in [0.1, 0.15) is 19.8 Å². The van der Waals surface area contributed by atoms with Crippen LogP contribution in [-0.2, 0) is 20.9 Å². The first-order chi connectivity index (χ1) is 15.0. The summed E-state index contributed by atoms with van der Waals surface area (Å²) in [7, 11) is 1.64. The molecule has 164 valence electrons. The van der Waals surface area contributed by atoms with E-state index in [2.05, 4.69) is 10.3 Å². The molecule has 0 saturated carbocycles. The number of fused-ring (bicyclic) bond motifs is 1. The molecular formula is C22H24ClN3O3S2. The van der Waals surface area contributed by atoms with Gasteiger partial charge in [0.2, 0.25) is 11.8 Å². The number of ether oxygens (including phenoxy) is 1. The molecular weight excluding hydrogens is 454 g/mol. The predicted octanol–water partition coefficient (Wildman–Crippen LogP) is 4.96. The second-order valence-electron chi connectivity index (χ2n) is 6.80. The van der Waals surface area contributed by atoms with E-state index in [1.54, 1.807) is 18.9 Å². The van der Waals surface area contributed by atoms with Gasteiger partial charge in [0.15, 0.2) is 4.80 Å². The maximum absolute atomic E-state index is 12.5. The van der Waals surface area contributed by atoms with Gasteiger partial charge in [0, 0.05) is 42.6 Å². The lowest BCUT2D eigenvalue weighted by molar-refractivity contribution is -0.118. The molecule has 0 aliphatic heterocycles. The van der Waals surface area contributed by atoms with Crippen molar-refractivity contribution in [2.75, 3.05) is 24.8 Å². The molecule has 0 unspecified atom stereocenters. The molecule has 31 heavy (non-hydrogen) atoms. The Hall–Kier alpha value is -2.13. The van der Waals surface area contributed by atoms with Crippen LogP contribution in [-0.4, -0.2) is 35.9 Å². The largest absolute Gasteiger partial charge is 0.383 e. The number of nitrogens with one attached hydrogen (secondary N) is 1. The quantitative estimate of drug-likeness (QED) is 0.349.